The Morgan fingerprint density at radius 3 is 1.86 bits per heavy atom. The zero-order chi connectivity index (χ0) is 4.12. The van der Waals surface area contributed by atoms with Crippen LogP contribution in [0.1, 0.15) is 20.3 Å². The highest BCUT2D eigenvalue weighted by molar-refractivity contribution is 6.92. The Morgan fingerprint density at radius 1 is 1.43 bits per heavy atom. The molecule has 0 amide bonds. The van der Waals surface area contributed by atoms with Crippen molar-refractivity contribution in [1.29, 1.82) is 0 Å². The van der Waals surface area contributed by atoms with Gasteiger partial charge in [-0.15, -0.1) is 0 Å². The largest absolute Gasteiger partial charge is 0.412 e. The van der Waals surface area contributed by atoms with Crippen molar-refractivity contribution < 1.29 is 5.48 Å². The molecule has 0 aliphatic carbocycles. The predicted molar refractivity (Wildman–Crippen MR) is 39.8 cm³/mol. The second kappa shape index (κ2) is 16.5. The van der Waals surface area contributed by atoms with E-state index in [-0.39, 0.29) is 15.4 Å². The van der Waals surface area contributed by atoms with Gasteiger partial charge in [-0.1, -0.05) is 19.1 Å². The summed E-state index contributed by atoms with van der Waals surface area (Å²) in [4.78, 5) is 0. The molecule has 0 aliphatic rings. The summed E-state index contributed by atoms with van der Waals surface area (Å²) < 4.78 is 0. The summed E-state index contributed by atoms with van der Waals surface area (Å²) in [6, 6.07) is 0. The third-order valence-electron chi connectivity index (χ3n) is 0.471. The summed E-state index contributed by atoms with van der Waals surface area (Å²) in [6.07, 6.45) is 5.34. The van der Waals surface area contributed by atoms with Crippen LogP contribution in [0.15, 0.2) is 12.2 Å². The van der Waals surface area contributed by atoms with Gasteiger partial charge >= 0.3 is 0 Å². The predicted octanol–water partition coefficient (Wildman–Crippen LogP) is 1.21. The molecule has 1 nitrogen and oxygen atoms in total. The smallest absolute Gasteiger partial charge is 0.0379 e. The van der Waals surface area contributed by atoms with Crippen molar-refractivity contribution in [1.82, 2.24) is 0 Å². The van der Waals surface area contributed by atoms with Crippen molar-refractivity contribution in [2.45, 2.75) is 20.3 Å². The monoisotopic (exact) mass is 122 g/mol. The van der Waals surface area contributed by atoms with Gasteiger partial charge in [0.15, 0.2) is 0 Å². The van der Waals surface area contributed by atoms with Crippen molar-refractivity contribution in [2.24, 2.45) is 0 Å². The molecule has 0 aliphatic heterocycles. The van der Waals surface area contributed by atoms with Gasteiger partial charge in [-0.2, -0.15) is 9.90 Å². The highest BCUT2D eigenvalue weighted by Gasteiger charge is 1.52. The molecule has 0 aromatic carbocycles. The number of allylic oxidation sites excluding steroid dienone is 2. The molecule has 7 heavy (non-hydrogen) atoms. The zero-order valence-corrected chi connectivity index (χ0v) is 6.48. The number of rotatable bonds is 1. The average Bonchev–Trinajstić information content (AvgIpc) is 1.41. The first-order valence-corrected chi connectivity index (χ1v) is 2.03. The van der Waals surface area contributed by atoms with Crippen molar-refractivity contribution >= 4 is 9.90 Å². The van der Waals surface area contributed by atoms with Crippen LogP contribution >= 0.6 is 9.90 Å². The van der Waals surface area contributed by atoms with E-state index in [4.69, 9.17) is 0 Å². The number of hydrogen-bond donors (Lipinski definition) is 0. The van der Waals surface area contributed by atoms with Crippen LogP contribution in [-0.4, -0.2) is 5.48 Å². The lowest BCUT2D eigenvalue weighted by molar-refractivity contribution is 0.824. The van der Waals surface area contributed by atoms with Crippen LogP contribution in [0, 0.1) is 0 Å². The van der Waals surface area contributed by atoms with Gasteiger partial charge in [0, 0.05) is 0 Å². The highest BCUT2D eigenvalue weighted by atomic mass is 31.0. The maximum atomic E-state index is 2.12. The Balaban J connectivity index is -0.0000000800. The molecule has 0 radical (unpaired) electrons. The molecule has 1 atom stereocenters. The van der Waals surface area contributed by atoms with Crippen molar-refractivity contribution in [3.05, 3.63) is 12.2 Å². The Bertz CT molecular complexity index is 35.1. The molecule has 1 unspecified atom stereocenters. The number of hydrogen-bond acceptors (Lipinski definition) is 0. The van der Waals surface area contributed by atoms with Gasteiger partial charge in [0.1, 0.15) is 0 Å². The summed E-state index contributed by atoms with van der Waals surface area (Å²) in [7, 11) is 0. The summed E-state index contributed by atoms with van der Waals surface area (Å²) in [5.74, 6) is 0. The normalized spacial score (nSPS) is 7.14. The molecule has 0 rings (SSSR count). The Morgan fingerprint density at radius 2 is 1.86 bits per heavy atom. The van der Waals surface area contributed by atoms with Crippen LogP contribution in [0.5, 0.6) is 0 Å². The molecule has 0 heterocycles. The fourth-order valence-electron chi connectivity index (χ4n) is 0.236. The molecule has 0 saturated heterocycles. The lowest BCUT2D eigenvalue weighted by Gasteiger charge is -1.65. The minimum atomic E-state index is 0. The molecule has 0 aromatic rings. The fraction of sp³-hybridized carbons (Fsp3) is 0.600. The van der Waals surface area contributed by atoms with Crippen LogP contribution in [0.3, 0.4) is 0 Å². The van der Waals surface area contributed by atoms with E-state index < -0.39 is 0 Å². The summed E-state index contributed by atoms with van der Waals surface area (Å²) >= 11 is 0. The van der Waals surface area contributed by atoms with E-state index in [2.05, 4.69) is 19.1 Å². The van der Waals surface area contributed by atoms with E-state index in [1.165, 1.54) is 0 Å². The van der Waals surface area contributed by atoms with Gasteiger partial charge in [-0.05, 0) is 13.3 Å². The van der Waals surface area contributed by atoms with E-state index in [1.54, 1.807) is 0 Å². The lowest BCUT2D eigenvalue weighted by Crippen LogP contribution is -1.43. The Hall–Kier alpha value is 0.130. The van der Waals surface area contributed by atoms with Gasteiger partial charge in [-0.3, -0.25) is 0 Å². The van der Waals surface area contributed by atoms with Gasteiger partial charge in [0.25, 0.3) is 0 Å². The van der Waals surface area contributed by atoms with Crippen molar-refractivity contribution in [3.8, 4) is 0 Å². The van der Waals surface area contributed by atoms with Gasteiger partial charge in [-0.25, -0.2) is 0 Å². The van der Waals surface area contributed by atoms with Crippen molar-refractivity contribution in [2.75, 3.05) is 0 Å². The van der Waals surface area contributed by atoms with E-state index >= 15 is 0 Å². The molecule has 0 bridgehead atoms. The first-order valence-electron chi connectivity index (χ1n) is 2.03. The van der Waals surface area contributed by atoms with Gasteiger partial charge < -0.3 is 5.48 Å². The van der Waals surface area contributed by atoms with Crippen LogP contribution in [0.25, 0.3) is 0 Å². The molecular weight excluding hydrogens is 107 g/mol. The minimum absolute atomic E-state index is 0. The summed E-state index contributed by atoms with van der Waals surface area (Å²) in [6.45, 7) is 4.16. The van der Waals surface area contributed by atoms with E-state index in [0.717, 1.165) is 6.42 Å². The topological polar surface area (TPSA) is 31.5 Å². The Kier molecular flexibility index (Phi) is 37.0. The van der Waals surface area contributed by atoms with E-state index in [0.29, 0.717) is 0 Å². The maximum absolute atomic E-state index is 2.12. The van der Waals surface area contributed by atoms with Crippen molar-refractivity contribution in [3.63, 3.8) is 0 Å². The highest BCUT2D eigenvalue weighted by Crippen LogP contribution is 1.73. The Labute approximate surface area is 48.7 Å². The second-order valence-electron chi connectivity index (χ2n) is 0.977. The third kappa shape index (κ3) is 23.0. The summed E-state index contributed by atoms with van der Waals surface area (Å²) in [5, 5.41) is 0. The average molecular weight is 122 g/mol. The molecule has 0 fully saturated rings. The third-order valence-corrected chi connectivity index (χ3v) is 0.471. The van der Waals surface area contributed by atoms with Crippen LogP contribution in [0.2, 0.25) is 0 Å². The SMILES string of the molecule is CC=CCC.O.P. The quantitative estimate of drug-likeness (QED) is 0.370. The van der Waals surface area contributed by atoms with Crippen LogP contribution < -0.4 is 0 Å². The summed E-state index contributed by atoms with van der Waals surface area (Å²) in [5.41, 5.74) is 0. The minimum Gasteiger partial charge on any atom is -0.412 e. The standard InChI is InChI=1S/C5H10.H2O.H3P/c1-3-5-4-2;;/h3,5H,4H2,1-2H3;1H2;1H3. The van der Waals surface area contributed by atoms with E-state index in [1.807, 2.05) is 6.92 Å². The first kappa shape index (κ1) is 15.7. The van der Waals surface area contributed by atoms with Crippen LogP contribution in [-0.2, 0) is 0 Å². The van der Waals surface area contributed by atoms with Gasteiger partial charge in [0.2, 0.25) is 0 Å². The molecule has 2 heteroatoms. The fourth-order valence-corrected chi connectivity index (χ4v) is 0.236. The lowest BCUT2D eigenvalue weighted by atomic mass is 10.4. The second-order valence-corrected chi connectivity index (χ2v) is 0.977. The molecular formula is C5H15OP. The molecule has 46 valence electrons. The molecule has 0 spiro atoms. The molecule has 2 N–H and O–H groups in total. The zero-order valence-electron chi connectivity index (χ0n) is 5.07. The first-order chi connectivity index (χ1) is 2.41. The molecule has 0 aromatic heterocycles. The van der Waals surface area contributed by atoms with E-state index in [9.17, 15) is 0 Å². The molecule has 0 saturated carbocycles. The van der Waals surface area contributed by atoms with Gasteiger partial charge in [0.05, 0.1) is 0 Å². The maximum Gasteiger partial charge on any atom is -0.0379 e. The van der Waals surface area contributed by atoms with Crippen LogP contribution in [0.4, 0.5) is 0 Å².